The summed E-state index contributed by atoms with van der Waals surface area (Å²) in [5, 5.41) is 0. The van der Waals surface area contributed by atoms with E-state index in [0.29, 0.717) is 17.6 Å². The van der Waals surface area contributed by atoms with E-state index < -0.39 is 10.8 Å². The number of halogens is 1. The summed E-state index contributed by atoms with van der Waals surface area (Å²) in [5.74, 6) is 1.45. The van der Waals surface area contributed by atoms with Gasteiger partial charge in [-0.05, 0) is 0 Å². The number of hydrogen-bond acceptors (Lipinski definition) is 2. The maximum Gasteiger partial charge on any atom is 0.122 e. The zero-order chi connectivity index (χ0) is 5.98. The van der Waals surface area contributed by atoms with Gasteiger partial charge in [-0.1, -0.05) is 0 Å². The minimum Gasteiger partial charge on any atom is -0.363 e. The first-order valence-corrected chi connectivity index (χ1v) is 4.37. The molecule has 8 heavy (non-hydrogen) atoms. The van der Waals surface area contributed by atoms with Crippen LogP contribution in [0.2, 0.25) is 0 Å². The Bertz CT molecular complexity index is 106. The van der Waals surface area contributed by atoms with Crippen LogP contribution < -0.4 is 0 Å². The van der Waals surface area contributed by atoms with Gasteiger partial charge in [0.1, 0.15) is 5.94 Å². The molecule has 0 amide bonds. The highest BCUT2D eigenvalue weighted by atomic mass is 35.5. The fourth-order valence-corrected chi connectivity index (χ4v) is 1.96. The van der Waals surface area contributed by atoms with Crippen LogP contribution in [0.3, 0.4) is 0 Å². The maximum atomic E-state index is 10.5. The Kier molecular flexibility index (Phi) is 2.28. The van der Waals surface area contributed by atoms with Gasteiger partial charge in [-0.3, -0.25) is 4.21 Å². The van der Waals surface area contributed by atoms with Gasteiger partial charge in [0.2, 0.25) is 0 Å². The number of ether oxygens (including phenoxy) is 1. The van der Waals surface area contributed by atoms with Gasteiger partial charge in [0.05, 0.1) is 22.7 Å². The summed E-state index contributed by atoms with van der Waals surface area (Å²) < 4.78 is 15.5. The van der Waals surface area contributed by atoms with Crippen LogP contribution in [0.1, 0.15) is 0 Å². The highest BCUT2D eigenvalue weighted by Gasteiger charge is 2.19. The third-order valence-corrected chi connectivity index (χ3v) is 2.47. The summed E-state index contributed by atoms with van der Waals surface area (Å²) >= 11 is 5.41. The lowest BCUT2D eigenvalue weighted by Gasteiger charge is -1.97. The van der Waals surface area contributed by atoms with Crippen LogP contribution in [0.25, 0.3) is 0 Å². The second-order valence-corrected chi connectivity index (χ2v) is 3.42. The van der Waals surface area contributed by atoms with Gasteiger partial charge in [0.25, 0.3) is 0 Å². The van der Waals surface area contributed by atoms with Crippen molar-refractivity contribution in [3.63, 3.8) is 0 Å². The Morgan fingerprint density at radius 1 is 1.88 bits per heavy atom. The van der Waals surface area contributed by atoms with Crippen molar-refractivity contribution in [3.05, 3.63) is 0 Å². The molecule has 0 aromatic carbocycles. The number of hydrogen-bond donors (Lipinski definition) is 0. The smallest absolute Gasteiger partial charge is 0.122 e. The van der Waals surface area contributed by atoms with Crippen molar-refractivity contribution >= 4 is 22.4 Å². The van der Waals surface area contributed by atoms with E-state index >= 15 is 0 Å². The number of rotatable bonds is 1. The first-order valence-electron chi connectivity index (χ1n) is 2.35. The van der Waals surface area contributed by atoms with Gasteiger partial charge in [0, 0.05) is 5.88 Å². The Labute approximate surface area is 55.6 Å². The monoisotopic (exact) mass is 154 g/mol. The summed E-state index contributed by atoms with van der Waals surface area (Å²) in [6, 6.07) is 0. The standard InChI is InChI=1S/C4H7ClO2S/c5-1-4-2-8(6)3-7-4/h4H,1-3H2/t4-,8?/m0/s1. The predicted molar refractivity (Wildman–Crippen MR) is 33.5 cm³/mol. The highest BCUT2D eigenvalue weighted by Crippen LogP contribution is 2.06. The second kappa shape index (κ2) is 2.80. The van der Waals surface area contributed by atoms with Gasteiger partial charge in [-0.15, -0.1) is 11.6 Å². The molecule has 0 aliphatic carbocycles. The van der Waals surface area contributed by atoms with Crippen molar-refractivity contribution in [2.24, 2.45) is 0 Å². The summed E-state index contributed by atoms with van der Waals surface area (Å²) in [5.41, 5.74) is 0. The average molecular weight is 155 g/mol. The topological polar surface area (TPSA) is 26.3 Å². The highest BCUT2D eigenvalue weighted by molar-refractivity contribution is 7.85. The van der Waals surface area contributed by atoms with Crippen molar-refractivity contribution in [3.8, 4) is 0 Å². The zero-order valence-electron chi connectivity index (χ0n) is 4.30. The van der Waals surface area contributed by atoms with E-state index in [2.05, 4.69) is 0 Å². The molecule has 1 saturated heterocycles. The molecule has 4 heteroatoms. The Morgan fingerprint density at radius 2 is 2.62 bits per heavy atom. The van der Waals surface area contributed by atoms with Crippen LogP contribution in [-0.2, 0) is 15.5 Å². The van der Waals surface area contributed by atoms with Crippen LogP contribution in [0.15, 0.2) is 0 Å². The molecule has 48 valence electrons. The minimum atomic E-state index is -0.759. The zero-order valence-corrected chi connectivity index (χ0v) is 5.87. The Morgan fingerprint density at radius 3 is 2.88 bits per heavy atom. The van der Waals surface area contributed by atoms with Crippen LogP contribution >= 0.6 is 11.6 Å². The Hall–Kier alpha value is 0.400. The molecule has 1 heterocycles. The molecule has 0 radical (unpaired) electrons. The summed E-state index contributed by atoms with van der Waals surface area (Å²) in [6.45, 7) is 0. The lowest BCUT2D eigenvalue weighted by atomic mass is 10.5. The van der Waals surface area contributed by atoms with E-state index in [4.69, 9.17) is 16.3 Å². The predicted octanol–water partition coefficient (Wildman–Crippen LogP) is 0.330. The maximum absolute atomic E-state index is 10.5. The minimum absolute atomic E-state index is 0.0394. The molecular formula is C4H7ClO2S. The summed E-state index contributed by atoms with van der Waals surface area (Å²) in [4.78, 5) is 0. The van der Waals surface area contributed by atoms with Crippen molar-refractivity contribution in [1.29, 1.82) is 0 Å². The molecule has 0 spiro atoms. The Balaban J connectivity index is 2.32. The molecule has 1 unspecified atom stereocenters. The molecule has 1 aliphatic heterocycles. The molecule has 1 fully saturated rings. The van der Waals surface area contributed by atoms with Crippen LogP contribution in [-0.4, -0.2) is 27.9 Å². The number of alkyl halides is 1. The van der Waals surface area contributed by atoms with E-state index in [1.54, 1.807) is 0 Å². The first kappa shape index (κ1) is 6.52. The summed E-state index contributed by atoms with van der Waals surface area (Å²) in [6.07, 6.45) is 0.0394. The SMILES string of the molecule is O=S1CO[C@@H](CCl)C1. The largest absolute Gasteiger partial charge is 0.363 e. The van der Waals surface area contributed by atoms with Crippen molar-refractivity contribution in [2.45, 2.75) is 6.10 Å². The van der Waals surface area contributed by atoms with Gasteiger partial charge in [-0.25, -0.2) is 0 Å². The molecule has 0 N–H and O–H groups in total. The molecule has 0 bridgehead atoms. The van der Waals surface area contributed by atoms with Crippen LogP contribution in [0.5, 0.6) is 0 Å². The molecule has 1 rings (SSSR count). The van der Waals surface area contributed by atoms with Gasteiger partial charge in [0.15, 0.2) is 0 Å². The fraction of sp³-hybridized carbons (Fsp3) is 1.00. The third-order valence-electron chi connectivity index (χ3n) is 0.979. The molecule has 2 atom stereocenters. The van der Waals surface area contributed by atoms with Gasteiger partial charge >= 0.3 is 0 Å². The first-order chi connectivity index (χ1) is 3.83. The lowest BCUT2D eigenvalue weighted by molar-refractivity contribution is 0.141. The van der Waals surface area contributed by atoms with Gasteiger partial charge in [-0.2, -0.15) is 0 Å². The molecule has 0 aromatic rings. The average Bonchev–Trinajstić information content (AvgIpc) is 2.14. The van der Waals surface area contributed by atoms with E-state index in [-0.39, 0.29) is 6.10 Å². The van der Waals surface area contributed by atoms with Crippen molar-refractivity contribution < 1.29 is 8.95 Å². The van der Waals surface area contributed by atoms with Crippen LogP contribution in [0.4, 0.5) is 0 Å². The third kappa shape index (κ3) is 1.44. The molecule has 2 nitrogen and oxygen atoms in total. The normalized spacial score (nSPS) is 38.1. The van der Waals surface area contributed by atoms with E-state index in [1.165, 1.54) is 0 Å². The van der Waals surface area contributed by atoms with E-state index in [1.807, 2.05) is 0 Å². The molecular weight excluding hydrogens is 148 g/mol. The van der Waals surface area contributed by atoms with Crippen molar-refractivity contribution in [1.82, 2.24) is 0 Å². The van der Waals surface area contributed by atoms with E-state index in [0.717, 1.165) is 0 Å². The molecule has 0 aromatic heterocycles. The lowest BCUT2D eigenvalue weighted by Crippen LogP contribution is -2.10. The molecule has 1 aliphatic rings. The van der Waals surface area contributed by atoms with Gasteiger partial charge < -0.3 is 4.74 Å². The second-order valence-electron chi connectivity index (χ2n) is 1.67. The fourth-order valence-electron chi connectivity index (χ4n) is 0.565. The van der Waals surface area contributed by atoms with E-state index in [9.17, 15) is 4.21 Å². The molecule has 0 saturated carbocycles. The van der Waals surface area contributed by atoms with Crippen LogP contribution in [0, 0.1) is 0 Å². The van der Waals surface area contributed by atoms with Crippen molar-refractivity contribution in [2.75, 3.05) is 17.6 Å². The quantitative estimate of drug-likeness (QED) is 0.509. The summed E-state index contributed by atoms with van der Waals surface area (Å²) in [7, 11) is -0.759.